The van der Waals surface area contributed by atoms with Gasteiger partial charge in [-0.05, 0) is 62.9 Å². The zero-order valence-electron chi connectivity index (χ0n) is 20.3. The number of hydrogen-bond donors (Lipinski definition) is 2. The van der Waals surface area contributed by atoms with Crippen LogP contribution >= 0.6 is 0 Å². The summed E-state index contributed by atoms with van der Waals surface area (Å²) >= 11 is 0. The van der Waals surface area contributed by atoms with Crippen molar-refractivity contribution >= 4 is 22.9 Å². The zero-order chi connectivity index (χ0) is 24.3. The number of rotatable bonds is 6. The Kier molecular flexibility index (Phi) is 6.82. The zero-order valence-corrected chi connectivity index (χ0v) is 20.3. The average Bonchev–Trinajstić information content (AvgIpc) is 3.46. The third-order valence-electron chi connectivity index (χ3n) is 6.18. The standard InChI is InChI=1S/C27H33N3O4/c1-27(2,3)34-26(32)30-15-7-10-24(30)25(31)29-16-21(18-11-13-19(33-4)14-12-18)22-17-28-23-9-6-5-8-20(22)23/h5-6,8-9,11-14,17,21,24,28H,7,10,15-16H2,1-4H3,(H,29,31)/t21?,24-/m0/s1. The van der Waals surface area contributed by atoms with Gasteiger partial charge in [-0.15, -0.1) is 0 Å². The van der Waals surface area contributed by atoms with Gasteiger partial charge in [-0.1, -0.05) is 30.3 Å². The fraction of sp³-hybridized carbons (Fsp3) is 0.407. The molecule has 2 heterocycles. The second-order valence-corrected chi connectivity index (χ2v) is 9.69. The molecular weight excluding hydrogens is 430 g/mol. The quantitative estimate of drug-likeness (QED) is 0.549. The van der Waals surface area contributed by atoms with Crippen molar-refractivity contribution in [3.05, 3.63) is 65.9 Å². The third kappa shape index (κ3) is 5.19. The summed E-state index contributed by atoms with van der Waals surface area (Å²) in [4.78, 5) is 30.7. The minimum Gasteiger partial charge on any atom is -0.497 e. The van der Waals surface area contributed by atoms with Crippen LogP contribution in [0.3, 0.4) is 0 Å². The summed E-state index contributed by atoms with van der Waals surface area (Å²) in [5.41, 5.74) is 2.63. The number of likely N-dealkylation sites (tertiary alicyclic amines) is 1. The van der Waals surface area contributed by atoms with E-state index < -0.39 is 17.7 Å². The van der Waals surface area contributed by atoms with Gasteiger partial charge in [-0.25, -0.2) is 4.79 Å². The molecule has 2 amide bonds. The Labute approximate surface area is 200 Å². The fourth-order valence-corrected chi connectivity index (χ4v) is 4.52. The number of aromatic amines is 1. The highest BCUT2D eigenvalue weighted by molar-refractivity contribution is 5.87. The van der Waals surface area contributed by atoms with Crippen molar-refractivity contribution in [2.75, 3.05) is 20.2 Å². The number of nitrogens with zero attached hydrogens (tertiary/aromatic N) is 1. The first-order chi connectivity index (χ1) is 16.3. The Morgan fingerprint density at radius 1 is 1.15 bits per heavy atom. The van der Waals surface area contributed by atoms with E-state index in [4.69, 9.17) is 9.47 Å². The summed E-state index contributed by atoms with van der Waals surface area (Å²) in [6.07, 6.45) is 2.98. The molecule has 7 heteroatoms. The molecule has 1 saturated heterocycles. The molecule has 34 heavy (non-hydrogen) atoms. The van der Waals surface area contributed by atoms with Crippen molar-refractivity contribution in [1.82, 2.24) is 15.2 Å². The minimum atomic E-state index is -0.602. The van der Waals surface area contributed by atoms with Crippen LogP contribution in [0.1, 0.15) is 50.7 Å². The van der Waals surface area contributed by atoms with Crippen molar-refractivity contribution in [3.63, 3.8) is 0 Å². The number of methoxy groups -OCH3 is 1. The number of nitrogens with one attached hydrogen (secondary N) is 2. The summed E-state index contributed by atoms with van der Waals surface area (Å²) < 4.78 is 10.8. The molecule has 2 N–H and O–H groups in total. The van der Waals surface area contributed by atoms with Gasteiger partial charge >= 0.3 is 6.09 Å². The lowest BCUT2D eigenvalue weighted by Crippen LogP contribution is -2.48. The third-order valence-corrected chi connectivity index (χ3v) is 6.18. The van der Waals surface area contributed by atoms with E-state index in [2.05, 4.69) is 16.4 Å². The molecule has 0 aliphatic carbocycles. The first-order valence-corrected chi connectivity index (χ1v) is 11.7. The van der Waals surface area contributed by atoms with Crippen molar-refractivity contribution in [2.45, 2.75) is 51.2 Å². The number of hydrogen-bond acceptors (Lipinski definition) is 4. The maximum Gasteiger partial charge on any atom is 0.410 e. The van der Waals surface area contributed by atoms with Gasteiger partial charge in [-0.2, -0.15) is 0 Å². The van der Waals surface area contributed by atoms with E-state index in [0.29, 0.717) is 19.5 Å². The van der Waals surface area contributed by atoms with Gasteiger partial charge in [0.2, 0.25) is 5.91 Å². The molecule has 1 aromatic heterocycles. The van der Waals surface area contributed by atoms with Crippen LogP contribution in [0.4, 0.5) is 4.79 Å². The number of aromatic nitrogens is 1. The van der Waals surface area contributed by atoms with Gasteiger partial charge in [0, 0.05) is 36.1 Å². The molecule has 7 nitrogen and oxygen atoms in total. The predicted molar refractivity (Wildman–Crippen MR) is 132 cm³/mol. The molecule has 0 saturated carbocycles. The molecular formula is C27H33N3O4. The van der Waals surface area contributed by atoms with Crippen LogP contribution in [-0.2, 0) is 9.53 Å². The van der Waals surface area contributed by atoms with Crippen LogP contribution in [0.2, 0.25) is 0 Å². The Balaban J connectivity index is 1.55. The highest BCUT2D eigenvalue weighted by Crippen LogP contribution is 2.31. The largest absolute Gasteiger partial charge is 0.497 e. The lowest BCUT2D eigenvalue weighted by atomic mass is 9.90. The Morgan fingerprint density at radius 3 is 2.59 bits per heavy atom. The van der Waals surface area contributed by atoms with Gasteiger partial charge in [0.15, 0.2) is 0 Å². The molecule has 1 aliphatic rings. The van der Waals surface area contributed by atoms with Crippen LogP contribution < -0.4 is 10.1 Å². The van der Waals surface area contributed by atoms with E-state index in [1.54, 1.807) is 12.0 Å². The monoisotopic (exact) mass is 463 g/mol. The molecule has 4 rings (SSSR count). The number of para-hydroxylation sites is 1. The van der Waals surface area contributed by atoms with Crippen LogP contribution in [-0.4, -0.2) is 53.7 Å². The molecule has 0 radical (unpaired) electrons. The van der Waals surface area contributed by atoms with E-state index in [1.165, 1.54) is 0 Å². The summed E-state index contributed by atoms with van der Waals surface area (Å²) in [5.74, 6) is 0.563. The predicted octanol–water partition coefficient (Wildman–Crippen LogP) is 4.82. The van der Waals surface area contributed by atoms with Crippen LogP contribution in [0.15, 0.2) is 54.7 Å². The van der Waals surface area contributed by atoms with Crippen molar-refractivity contribution in [1.29, 1.82) is 0 Å². The van der Waals surface area contributed by atoms with E-state index >= 15 is 0 Å². The summed E-state index contributed by atoms with van der Waals surface area (Å²) in [5, 5.41) is 4.24. The smallest absolute Gasteiger partial charge is 0.410 e. The topological polar surface area (TPSA) is 83.7 Å². The number of ether oxygens (including phenoxy) is 2. The molecule has 0 spiro atoms. The molecule has 180 valence electrons. The minimum absolute atomic E-state index is 0.0672. The lowest BCUT2D eigenvalue weighted by Gasteiger charge is -2.28. The molecule has 1 unspecified atom stereocenters. The molecule has 0 bridgehead atoms. The number of H-pyrrole nitrogens is 1. The van der Waals surface area contributed by atoms with E-state index in [1.807, 2.05) is 69.4 Å². The number of benzene rings is 2. The van der Waals surface area contributed by atoms with Gasteiger partial charge < -0.3 is 19.8 Å². The second-order valence-electron chi connectivity index (χ2n) is 9.69. The first-order valence-electron chi connectivity index (χ1n) is 11.7. The first kappa shape index (κ1) is 23.7. The molecule has 2 atom stereocenters. The highest BCUT2D eigenvalue weighted by Gasteiger charge is 2.36. The van der Waals surface area contributed by atoms with Crippen molar-refractivity contribution in [2.24, 2.45) is 0 Å². The molecule has 2 aromatic carbocycles. The Bertz CT molecular complexity index is 1150. The van der Waals surface area contributed by atoms with Gasteiger partial charge in [0.1, 0.15) is 17.4 Å². The Hall–Kier alpha value is -3.48. The summed E-state index contributed by atoms with van der Waals surface area (Å²) in [7, 11) is 1.64. The SMILES string of the molecule is COc1ccc(C(CNC(=O)[C@@H]2CCCN2C(=O)OC(C)(C)C)c2c[nH]c3ccccc23)cc1. The number of carbonyl (C=O) groups excluding carboxylic acids is 2. The van der Waals surface area contributed by atoms with Gasteiger partial charge in [0.25, 0.3) is 0 Å². The van der Waals surface area contributed by atoms with Gasteiger partial charge in [-0.3, -0.25) is 9.69 Å². The van der Waals surface area contributed by atoms with E-state index in [9.17, 15) is 9.59 Å². The van der Waals surface area contributed by atoms with Crippen molar-refractivity contribution < 1.29 is 19.1 Å². The normalized spacial score (nSPS) is 16.9. The second kappa shape index (κ2) is 9.79. The van der Waals surface area contributed by atoms with Crippen LogP contribution in [0.25, 0.3) is 10.9 Å². The number of amides is 2. The maximum absolute atomic E-state index is 13.2. The lowest BCUT2D eigenvalue weighted by molar-refractivity contribution is -0.125. The molecule has 3 aromatic rings. The van der Waals surface area contributed by atoms with Crippen LogP contribution in [0, 0.1) is 0 Å². The summed E-state index contributed by atoms with van der Waals surface area (Å²) in [6, 6.07) is 15.5. The number of fused-ring (bicyclic) bond motifs is 1. The van der Waals surface area contributed by atoms with E-state index in [-0.39, 0.29) is 11.8 Å². The van der Waals surface area contributed by atoms with Crippen LogP contribution in [0.5, 0.6) is 5.75 Å². The fourth-order valence-electron chi connectivity index (χ4n) is 4.52. The summed E-state index contributed by atoms with van der Waals surface area (Å²) in [6.45, 7) is 6.42. The maximum atomic E-state index is 13.2. The number of carbonyl (C=O) groups is 2. The highest BCUT2D eigenvalue weighted by atomic mass is 16.6. The Morgan fingerprint density at radius 2 is 1.88 bits per heavy atom. The van der Waals surface area contributed by atoms with E-state index in [0.717, 1.165) is 34.2 Å². The molecule has 1 aliphatic heterocycles. The average molecular weight is 464 g/mol. The van der Waals surface area contributed by atoms with Crippen molar-refractivity contribution in [3.8, 4) is 5.75 Å². The molecule has 1 fully saturated rings. The van der Waals surface area contributed by atoms with Gasteiger partial charge in [0.05, 0.1) is 7.11 Å².